The highest BCUT2D eigenvalue weighted by Crippen LogP contribution is 2.21. The lowest BCUT2D eigenvalue weighted by Crippen LogP contribution is -2.47. The van der Waals surface area contributed by atoms with E-state index in [9.17, 15) is 8.78 Å². The van der Waals surface area contributed by atoms with Crippen LogP contribution in [0.3, 0.4) is 0 Å². The van der Waals surface area contributed by atoms with E-state index in [2.05, 4.69) is 61.5 Å². The molecule has 0 atom stereocenters. The summed E-state index contributed by atoms with van der Waals surface area (Å²) in [5, 5.41) is 10.8. The van der Waals surface area contributed by atoms with Gasteiger partial charge in [-0.25, -0.2) is 8.78 Å². The second-order valence-corrected chi connectivity index (χ2v) is 6.71. The third-order valence-corrected chi connectivity index (χ3v) is 4.69. The second kappa shape index (κ2) is 7.75. The number of aryl methyl sites for hydroxylation is 1. The van der Waals surface area contributed by atoms with E-state index >= 15 is 0 Å². The van der Waals surface area contributed by atoms with Gasteiger partial charge in [0.1, 0.15) is 0 Å². The molecule has 0 bridgehead atoms. The average Bonchev–Trinajstić information content (AvgIpc) is 2.71. The van der Waals surface area contributed by atoms with Gasteiger partial charge in [0.2, 0.25) is 5.95 Å². The van der Waals surface area contributed by atoms with Crippen LogP contribution < -0.4 is 15.1 Å². The summed E-state index contributed by atoms with van der Waals surface area (Å²) in [6.07, 6.45) is 1.61. The van der Waals surface area contributed by atoms with Crippen LogP contribution in [-0.2, 0) is 0 Å². The van der Waals surface area contributed by atoms with E-state index in [4.69, 9.17) is 0 Å². The van der Waals surface area contributed by atoms with Crippen molar-refractivity contribution in [1.82, 2.24) is 15.2 Å². The van der Waals surface area contributed by atoms with E-state index in [1.807, 2.05) is 0 Å². The van der Waals surface area contributed by atoms with Crippen molar-refractivity contribution in [2.45, 2.75) is 6.92 Å². The summed E-state index contributed by atoms with van der Waals surface area (Å²) in [4.78, 5) is 8.94. The Hall–Kier alpha value is -3.29. The molecule has 2 heterocycles. The van der Waals surface area contributed by atoms with Gasteiger partial charge in [0.15, 0.2) is 17.5 Å². The molecular formula is C20H20F2N6. The van der Waals surface area contributed by atoms with Crippen LogP contribution in [0.5, 0.6) is 0 Å². The van der Waals surface area contributed by atoms with Gasteiger partial charge in [0, 0.05) is 43.6 Å². The van der Waals surface area contributed by atoms with E-state index in [1.165, 1.54) is 17.3 Å². The minimum Gasteiger partial charge on any atom is -0.368 e. The second-order valence-electron chi connectivity index (χ2n) is 6.71. The van der Waals surface area contributed by atoms with Crippen LogP contribution >= 0.6 is 0 Å². The quantitative estimate of drug-likeness (QED) is 0.745. The molecule has 0 radical (unpaired) electrons. The molecule has 1 aliphatic heterocycles. The largest absolute Gasteiger partial charge is 0.368 e. The van der Waals surface area contributed by atoms with E-state index in [0.29, 0.717) is 11.5 Å². The topological polar surface area (TPSA) is 57.2 Å². The summed E-state index contributed by atoms with van der Waals surface area (Å²) < 4.78 is 26.4. The highest BCUT2D eigenvalue weighted by atomic mass is 19.2. The first-order valence-electron chi connectivity index (χ1n) is 9.07. The zero-order valence-electron chi connectivity index (χ0n) is 15.4. The van der Waals surface area contributed by atoms with Crippen molar-refractivity contribution in [2.75, 3.05) is 41.3 Å². The number of anilines is 4. The first-order chi connectivity index (χ1) is 13.6. The van der Waals surface area contributed by atoms with Gasteiger partial charge in [-0.2, -0.15) is 10.1 Å². The molecule has 1 saturated heterocycles. The number of aromatic nitrogens is 3. The SMILES string of the molecule is Cc1cccc(N2CCN(c3cnnc(Nc4ccc(F)c(F)c4)n3)CC2)c1. The highest BCUT2D eigenvalue weighted by molar-refractivity contribution is 5.55. The molecule has 1 aromatic heterocycles. The first kappa shape index (κ1) is 18.1. The van der Waals surface area contributed by atoms with Crippen molar-refractivity contribution in [3.63, 3.8) is 0 Å². The molecule has 1 fully saturated rings. The minimum absolute atomic E-state index is 0.240. The van der Waals surface area contributed by atoms with Crippen molar-refractivity contribution in [1.29, 1.82) is 0 Å². The number of halogens is 2. The zero-order chi connectivity index (χ0) is 19.5. The number of rotatable bonds is 4. The first-order valence-corrected chi connectivity index (χ1v) is 9.07. The monoisotopic (exact) mass is 382 g/mol. The Kier molecular flexibility index (Phi) is 5.01. The molecule has 144 valence electrons. The lowest BCUT2D eigenvalue weighted by atomic mass is 10.2. The van der Waals surface area contributed by atoms with Crippen molar-refractivity contribution in [3.05, 3.63) is 65.9 Å². The molecule has 4 rings (SSSR count). The van der Waals surface area contributed by atoms with E-state index in [1.54, 1.807) is 6.20 Å². The summed E-state index contributed by atoms with van der Waals surface area (Å²) in [7, 11) is 0. The number of hydrogen-bond donors (Lipinski definition) is 1. The van der Waals surface area contributed by atoms with Gasteiger partial charge >= 0.3 is 0 Å². The Morgan fingerprint density at radius 3 is 2.46 bits per heavy atom. The fourth-order valence-corrected chi connectivity index (χ4v) is 3.22. The number of nitrogens with zero attached hydrogens (tertiary/aromatic N) is 5. The van der Waals surface area contributed by atoms with Crippen molar-refractivity contribution < 1.29 is 8.78 Å². The Labute approximate surface area is 161 Å². The fourth-order valence-electron chi connectivity index (χ4n) is 3.22. The molecule has 0 unspecified atom stereocenters. The smallest absolute Gasteiger partial charge is 0.249 e. The van der Waals surface area contributed by atoms with Crippen LogP contribution in [0.1, 0.15) is 5.56 Å². The Bertz CT molecular complexity index is 972. The van der Waals surface area contributed by atoms with Crippen molar-refractivity contribution in [2.24, 2.45) is 0 Å². The number of piperazine rings is 1. The van der Waals surface area contributed by atoms with Crippen LogP contribution in [0.15, 0.2) is 48.7 Å². The third kappa shape index (κ3) is 4.00. The van der Waals surface area contributed by atoms with Gasteiger partial charge < -0.3 is 15.1 Å². The summed E-state index contributed by atoms with van der Waals surface area (Å²) in [5.41, 5.74) is 2.83. The third-order valence-electron chi connectivity index (χ3n) is 4.69. The van der Waals surface area contributed by atoms with Crippen LogP contribution in [0.25, 0.3) is 0 Å². The molecule has 1 N–H and O–H groups in total. The molecule has 0 amide bonds. The van der Waals surface area contributed by atoms with Crippen LogP contribution in [0.2, 0.25) is 0 Å². The van der Waals surface area contributed by atoms with Gasteiger partial charge in [-0.1, -0.05) is 12.1 Å². The molecule has 2 aromatic carbocycles. The van der Waals surface area contributed by atoms with E-state index in [-0.39, 0.29) is 5.95 Å². The molecular weight excluding hydrogens is 362 g/mol. The van der Waals surface area contributed by atoms with Gasteiger partial charge in [0.05, 0.1) is 6.20 Å². The summed E-state index contributed by atoms with van der Waals surface area (Å²) in [5.74, 6) is -0.889. The van der Waals surface area contributed by atoms with Crippen molar-refractivity contribution >= 4 is 23.1 Å². The molecule has 8 heteroatoms. The molecule has 0 saturated carbocycles. The van der Waals surface area contributed by atoms with Crippen LogP contribution in [0, 0.1) is 18.6 Å². The lowest BCUT2D eigenvalue weighted by molar-refractivity contribution is 0.509. The van der Waals surface area contributed by atoms with Crippen LogP contribution in [-0.4, -0.2) is 41.4 Å². The van der Waals surface area contributed by atoms with Gasteiger partial charge in [-0.15, -0.1) is 5.10 Å². The normalized spacial score (nSPS) is 14.2. The predicted octanol–water partition coefficient (Wildman–Crippen LogP) is 3.53. The summed E-state index contributed by atoms with van der Waals surface area (Å²) in [6.45, 7) is 5.45. The molecule has 3 aromatic rings. The Balaban J connectivity index is 1.43. The fraction of sp³-hybridized carbons (Fsp3) is 0.250. The number of benzene rings is 2. The summed E-state index contributed by atoms with van der Waals surface area (Å²) in [6, 6.07) is 12.0. The van der Waals surface area contributed by atoms with Crippen molar-refractivity contribution in [3.8, 4) is 0 Å². The highest BCUT2D eigenvalue weighted by Gasteiger charge is 2.19. The Morgan fingerprint density at radius 2 is 1.71 bits per heavy atom. The maximum atomic E-state index is 13.4. The Morgan fingerprint density at radius 1 is 0.929 bits per heavy atom. The van der Waals surface area contributed by atoms with Gasteiger partial charge in [-0.3, -0.25) is 0 Å². The zero-order valence-corrected chi connectivity index (χ0v) is 15.4. The van der Waals surface area contributed by atoms with E-state index in [0.717, 1.165) is 38.3 Å². The molecule has 1 aliphatic rings. The van der Waals surface area contributed by atoms with Gasteiger partial charge in [-0.05, 0) is 36.8 Å². The number of nitrogens with one attached hydrogen (secondary N) is 1. The minimum atomic E-state index is -0.929. The summed E-state index contributed by atoms with van der Waals surface area (Å²) >= 11 is 0. The predicted molar refractivity (Wildman–Crippen MR) is 105 cm³/mol. The average molecular weight is 382 g/mol. The number of hydrogen-bond acceptors (Lipinski definition) is 6. The molecule has 28 heavy (non-hydrogen) atoms. The lowest BCUT2D eigenvalue weighted by Gasteiger charge is -2.36. The molecule has 0 aliphatic carbocycles. The maximum Gasteiger partial charge on any atom is 0.249 e. The molecule has 0 spiro atoms. The maximum absolute atomic E-state index is 13.4. The van der Waals surface area contributed by atoms with E-state index < -0.39 is 11.6 Å². The molecule has 6 nitrogen and oxygen atoms in total. The van der Waals surface area contributed by atoms with Gasteiger partial charge in [0.25, 0.3) is 0 Å². The van der Waals surface area contributed by atoms with Crippen LogP contribution in [0.4, 0.5) is 31.9 Å². The standard InChI is InChI=1S/C20H20F2N6/c1-14-3-2-4-16(11-14)27-7-9-28(10-8-27)19-13-23-26-20(25-19)24-15-5-6-17(21)18(22)12-15/h2-6,11-13H,7-10H2,1H3,(H,24,25,26).